The molecule has 3 aromatic rings. The van der Waals surface area contributed by atoms with Crippen molar-refractivity contribution < 1.29 is 38.1 Å². The summed E-state index contributed by atoms with van der Waals surface area (Å²) in [5.74, 6) is -0.474. The molecule has 0 aliphatic carbocycles. The second kappa shape index (κ2) is 16.8. The Bertz CT molecular complexity index is 1500. The SMILES string of the molecule is CCCCn1c(CNC(=O)c2cc(OC)cc(OC)c2)nnc1S[C@H](C)C(=O)Nc1sc(C(=O)OCC)c(C)c1C(=O)OCC. The summed E-state index contributed by atoms with van der Waals surface area (Å²) in [6.45, 7) is 9.71. The summed E-state index contributed by atoms with van der Waals surface area (Å²) in [7, 11) is 3.02. The molecule has 13 nitrogen and oxygen atoms in total. The zero-order valence-corrected chi connectivity index (χ0v) is 28.1. The topological polar surface area (TPSA) is 160 Å². The molecule has 15 heteroatoms. The fourth-order valence-corrected chi connectivity index (χ4v) is 6.13. The van der Waals surface area contributed by atoms with Gasteiger partial charge in [-0.2, -0.15) is 0 Å². The van der Waals surface area contributed by atoms with E-state index in [2.05, 4.69) is 27.8 Å². The van der Waals surface area contributed by atoms with Crippen molar-refractivity contribution in [3.63, 3.8) is 0 Å². The van der Waals surface area contributed by atoms with Gasteiger partial charge in [-0.15, -0.1) is 21.5 Å². The van der Waals surface area contributed by atoms with Gasteiger partial charge < -0.3 is 34.1 Å². The van der Waals surface area contributed by atoms with Crippen LogP contribution in [0.25, 0.3) is 0 Å². The van der Waals surface area contributed by atoms with Gasteiger partial charge in [-0.05, 0) is 51.8 Å². The Balaban J connectivity index is 1.78. The number of rotatable bonds is 16. The molecule has 2 N–H and O–H groups in total. The predicted octanol–water partition coefficient (Wildman–Crippen LogP) is 4.87. The maximum absolute atomic E-state index is 13.3. The summed E-state index contributed by atoms with van der Waals surface area (Å²) in [4.78, 5) is 51.8. The number of anilines is 1. The van der Waals surface area contributed by atoms with E-state index in [9.17, 15) is 19.2 Å². The minimum atomic E-state index is -0.662. The third-order valence-corrected chi connectivity index (χ3v) is 8.79. The lowest BCUT2D eigenvalue weighted by atomic mass is 10.1. The van der Waals surface area contributed by atoms with Crippen molar-refractivity contribution in [2.45, 2.75) is 71.0 Å². The molecule has 244 valence electrons. The minimum Gasteiger partial charge on any atom is -0.497 e. The van der Waals surface area contributed by atoms with Gasteiger partial charge in [0.15, 0.2) is 11.0 Å². The number of hydrogen-bond donors (Lipinski definition) is 2. The zero-order chi connectivity index (χ0) is 33.1. The van der Waals surface area contributed by atoms with Crippen LogP contribution in [-0.2, 0) is 27.4 Å². The predicted molar refractivity (Wildman–Crippen MR) is 171 cm³/mol. The molecular formula is C30H39N5O8S2. The van der Waals surface area contributed by atoms with Gasteiger partial charge in [0, 0.05) is 18.2 Å². The quantitative estimate of drug-likeness (QED) is 0.159. The number of hydrogen-bond acceptors (Lipinski definition) is 12. The molecule has 45 heavy (non-hydrogen) atoms. The van der Waals surface area contributed by atoms with Gasteiger partial charge in [0.1, 0.15) is 21.4 Å². The lowest BCUT2D eigenvalue weighted by molar-refractivity contribution is -0.115. The Morgan fingerprint density at radius 1 is 0.978 bits per heavy atom. The number of carbonyl (C=O) groups excluding carboxylic acids is 4. The zero-order valence-electron chi connectivity index (χ0n) is 26.5. The van der Waals surface area contributed by atoms with Gasteiger partial charge in [0.2, 0.25) is 5.91 Å². The van der Waals surface area contributed by atoms with E-state index in [4.69, 9.17) is 18.9 Å². The second-order valence-corrected chi connectivity index (χ2v) is 12.0. The first kappa shape index (κ1) is 35.4. The lowest BCUT2D eigenvalue weighted by Crippen LogP contribution is -2.25. The number of nitrogens with one attached hydrogen (secondary N) is 2. The van der Waals surface area contributed by atoms with Crippen LogP contribution in [0.3, 0.4) is 0 Å². The Morgan fingerprint density at radius 2 is 1.62 bits per heavy atom. The molecular weight excluding hydrogens is 622 g/mol. The number of thiophene rings is 1. The van der Waals surface area contributed by atoms with E-state index in [1.54, 1.807) is 45.9 Å². The monoisotopic (exact) mass is 661 g/mol. The Morgan fingerprint density at radius 3 is 2.22 bits per heavy atom. The molecule has 0 spiro atoms. The molecule has 1 atom stereocenters. The van der Waals surface area contributed by atoms with Crippen molar-refractivity contribution in [3.8, 4) is 11.5 Å². The first-order chi connectivity index (χ1) is 21.6. The van der Waals surface area contributed by atoms with Crippen molar-refractivity contribution >= 4 is 51.9 Å². The lowest BCUT2D eigenvalue weighted by Gasteiger charge is -2.14. The third kappa shape index (κ3) is 8.97. The van der Waals surface area contributed by atoms with E-state index in [-0.39, 0.29) is 41.1 Å². The van der Waals surface area contributed by atoms with Gasteiger partial charge >= 0.3 is 11.9 Å². The molecule has 0 saturated heterocycles. The van der Waals surface area contributed by atoms with Gasteiger partial charge in [0.25, 0.3) is 5.91 Å². The van der Waals surface area contributed by atoms with Crippen molar-refractivity contribution in [1.29, 1.82) is 0 Å². The number of aromatic nitrogens is 3. The largest absolute Gasteiger partial charge is 0.497 e. The highest BCUT2D eigenvalue weighted by Gasteiger charge is 2.29. The van der Waals surface area contributed by atoms with Gasteiger partial charge in [0.05, 0.1) is 44.8 Å². The average Bonchev–Trinajstić information content (AvgIpc) is 3.57. The summed E-state index contributed by atoms with van der Waals surface area (Å²) in [6, 6.07) is 4.90. The number of ether oxygens (including phenoxy) is 4. The number of carbonyl (C=O) groups is 4. The van der Waals surface area contributed by atoms with Crippen LogP contribution in [-0.4, -0.2) is 71.2 Å². The Labute approximate surface area is 270 Å². The smallest absolute Gasteiger partial charge is 0.348 e. The maximum atomic E-state index is 13.3. The highest BCUT2D eigenvalue weighted by atomic mass is 32.2. The number of unbranched alkanes of at least 4 members (excludes halogenated alkanes) is 1. The molecule has 1 aromatic carbocycles. The fourth-order valence-electron chi connectivity index (χ4n) is 4.14. The van der Waals surface area contributed by atoms with Crippen LogP contribution in [0.2, 0.25) is 0 Å². The van der Waals surface area contributed by atoms with Crippen LogP contribution < -0.4 is 20.1 Å². The summed E-state index contributed by atoms with van der Waals surface area (Å²) in [5, 5.41) is 14.3. The molecule has 0 bridgehead atoms. The van der Waals surface area contributed by atoms with Crippen LogP contribution in [0.1, 0.15) is 82.3 Å². The number of thioether (sulfide) groups is 1. The van der Waals surface area contributed by atoms with Crippen LogP contribution in [0.4, 0.5) is 5.00 Å². The summed E-state index contributed by atoms with van der Waals surface area (Å²) in [6.07, 6.45) is 1.74. The normalized spacial score (nSPS) is 11.4. The number of esters is 2. The van der Waals surface area contributed by atoms with E-state index in [1.807, 2.05) is 4.57 Å². The Kier molecular flexibility index (Phi) is 13.2. The number of methoxy groups -OCH3 is 2. The number of benzene rings is 1. The number of amides is 2. The minimum absolute atomic E-state index is 0.101. The van der Waals surface area contributed by atoms with Crippen LogP contribution >= 0.6 is 23.1 Å². The van der Waals surface area contributed by atoms with E-state index in [0.29, 0.717) is 40.2 Å². The van der Waals surface area contributed by atoms with E-state index < -0.39 is 23.1 Å². The Hall–Kier alpha value is -4.11. The molecule has 3 rings (SSSR count). The molecule has 2 amide bonds. The highest BCUT2D eigenvalue weighted by molar-refractivity contribution is 8.00. The van der Waals surface area contributed by atoms with Crippen molar-refractivity contribution in [2.24, 2.45) is 0 Å². The first-order valence-corrected chi connectivity index (χ1v) is 16.2. The van der Waals surface area contributed by atoms with Crippen molar-refractivity contribution in [2.75, 3.05) is 32.8 Å². The van der Waals surface area contributed by atoms with E-state index >= 15 is 0 Å². The fraction of sp³-hybridized carbons (Fsp3) is 0.467. The third-order valence-electron chi connectivity index (χ3n) is 6.52. The average molecular weight is 662 g/mol. The summed E-state index contributed by atoms with van der Waals surface area (Å²) < 4.78 is 22.7. The van der Waals surface area contributed by atoms with Crippen LogP contribution in [0, 0.1) is 6.92 Å². The molecule has 0 aliphatic heterocycles. The summed E-state index contributed by atoms with van der Waals surface area (Å²) in [5.41, 5.74) is 0.863. The second-order valence-electron chi connectivity index (χ2n) is 9.64. The van der Waals surface area contributed by atoms with Gasteiger partial charge in [-0.1, -0.05) is 25.1 Å². The molecule has 0 fully saturated rings. The molecule has 0 saturated carbocycles. The highest BCUT2D eigenvalue weighted by Crippen LogP contribution is 2.35. The van der Waals surface area contributed by atoms with Gasteiger partial charge in [-0.3, -0.25) is 9.59 Å². The molecule has 0 unspecified atom stereocenters. The van der Waals surface area contributed by atoms with E-state index in [1.165, 1.54) is 26.0 Å². The molecule has 2 heterocycles. The standard InChI is InChI=1S/C30H39N5O8S2/c1-8-11-12-35-22(16-31-26(37)19-13-20(40-6)15-21(14-19)41-7)33-34-30(35)44-18(5)25(36)32-27-23(28(38)42-9-2)17(4)24(45-27)29(39)43-10-3/h13-15,18H,8-12,16H2,1-7H3,(H,31,37)(H,32,36)/t18-/m1/s1. The van der Waals surface area contributed by atoms with Crippen molar-refractivity contribution in [3.05, 3.63) is 45.6 Å². The number of nitrogens with zero attached hydrogens (tertiary/aromatic N) is 3. The molecule has 2 aromatic heterocycles. The maximum Gasteiger partial charge on any atom is 0.348 e. The van der Waals surface area contributed by atoms with E-state index in [0.717, 1.165) is 24.2 Å². The van der Waals surface area contributed by atoms with Gasteiger partial charge in [-0.25, -0.2) is 9.59 Å². The first-order valence-electron chi connectivity index (χ1n) is 14.5. The molecule has 0 radical (unpaired) electrons. The van der Waals surface area contributed by atoms with Crippen LogP contribution in [0.15, 0.2) is 23.4 Å². The van der Waals surface area contributed by atoms with Crippen LogP contribution in [0.5, 0.6) is 11.5 Å². The van der Waals surface area contributed by atoms with Crippen molar-refractivity contribution in [1.82, 2.24) is 20.1 Å². The summed E-state index contributed by atoms with van der Waals surface area (Å²) >= 11 is 2.15. The molecule has 0 aliphatic rings.